The molecular weight excluding hydrogens is 148 g/mol. The molecule has 1 saturated carbocycles. The molecule has 0 amide bonds. The molecule has 3 rings (SSSR count). The first-order chi connectivity index (χ1) is 5.82. The van der Waals surface area contributed by atoms with Gasteiger partial charge in [-0.25, -0.2) is 0 Å². The molecule has 2 aliphatic rings. The number of hydrogen-bond donors (Lipinski definition) is 1. The van der Waals surface area contributed by atoms with Crippen LogP contribution in [0.15, 0.2) is 24.3 Å². The molecule has 2 atom stereocenters. The van der Waals surface area contributed by atoms with Crippen LogP contribution in [0.1, 0.15) is 36.3 Å². The van der Waals surface area contributed by atoms with Crippen LogP contribution in [0, 0.1) is 0 Å². The summed E-state index contributed by atoms with van der Waals surface area (Å²) in [7, 11) is 0. The number of rotatable bonds is 0. The van der Waals surface area contributed by atoms with E-state index in [1.807, 2.05) is 6.07 Å². The number of benzene rings is 1. The van der Waals surface area contributed by atoms with Gasteiger partial charge in [-0.2, -0.15) is 0 Å². The molecule has 0 aromatic heterocycles. The molecule has 12 heavy (non-hydrogen) atoms. The van der Waals surface area contributed by atoms with E-state index in [2.05, 4.69) is 18.2 Å². The Hall–Kier alpha value is -0.820. The summed E-state index contributed by atoms with van der Waals surface area (Å²) < 4.78 is 0. The predicted octanol–water partition coefficient (Wildman–Crippen LogP) is 2.16. The third-order valence-corrected chi connectivity index (χ3v) is 3.43. The molecular formula is C11H12O. The van der Waals surface area contributed by atoms with E-state index in [9.17, 15) is 5.11 Å². The minimum absolute atomic E-state index is 0.434. The van der Waals surface area contributed by atoms with Gasteiger partial charge in [-0.15, -0.1) is 0 Å². The second kappa shape index (κ2) is 1.91. The molecule has 0 bridgehead atoms. The van der Waals surface area contributed by atoms with Crippen molar-refractivity contribution in [2.24, 2.45) is 0 Å². The molecule has 0 radical (unpaired) electrons. The second-order valence-electron chi connectivity index (χ2n) is 3.96. The zero-order valence-corrected chi connectivity index (χ0v) is 6.96. The molecule has 0 aliphatic heterocycles. The van der Waals surface area contributed by atoms with Crippen LogP contribution in [0.5, 0.6) is 0 Å². The maximum Gasteiger partial charge on any atom is 0.0967 e. The highest BCUT2D eigenvalue weighted by Crippen LogP contribution is 2.59. The fraction of sp³-hybridized carbons (Fsp3) is 0.455. The number of aliphatic hydroxyl groups is 1. The Bertz CT molecular complexity index is 332. The predicted molar refractivity (Wildman–Crippen MR) is 46.9 cm³/mol. The van der Waals surface area contributed by atoms with Crippen molar-refractivity contribution in [3.63, 3.8) is 0 Å². The average Bonchev–Trinajstić information content (AvgIpc) is 2.43. The molecule has 2 aliphatic carbocycles. The van der Waals surface area contributed by atoms with Crippen molar-refractivity contribution in [3.05, 3.63) is 35.4 Å². The van der Waals surface area contributed by atoms with Gasteiger partial charge < -0.3 is 5.11 Å². The second-order valence-corrected chi connectivity index (χ2v) is 3.96. The van der Waals surface area contributed by atoms with Gasteiger partial charge in [0.15, 0.2) is 0 Å². The van der Waals surface area contributed by atoms with Gasteiger partial charge in [0.1, 0.15) is 0 Å². The minimum atomic E-state index is -0.434. The summed E-state index contributed by atoms with van der Waals surface area (Å²) in [5.41, 5.74) is 2.14. The standard InChI is InChI=1S/C11H12O/c12-11-7-3-6-10(11)8-4-1-2-5-9(8)11/h1-2,4-5,10,12H,3,6-7H2/t10-,11+/m1/s1. The van der Waals surface area contributed by atoms with Crippen molar-refractivity contribution in [2.75, 3.05) is 0 Å². The third kappa shape index (κ3) is 0.558. The van der Waals surface area contributed by atoms with Crippen molar-refractivity contribution < 1.29 is 5.11 Å². The Morgan fingerprint density at radius 1 is 1.33 bits per heavy atom. The van der Waals surface area contributed by atoms with Crippen LogP contribution in [-0.2, 0) is 5.60 Å². The maximum atomic E-state index is 10.2. The molecule has 0 heterocycles. The van der Waals surface area contributed by atoms with Crippen LogP contribution in [0.4, 0.5) is 0 Å². The lowest BCUT2D eigenvalue weighted by Crippen LogP contribution is -2.39. The summed E-state index contributed by atoms with van der Waals surface area (Å²) in [6, 6.07) is 8.30. The summed E-state index contributed by atoms with van der Waals surface area (Å²) in [6.07, 6.45) is 3.32. The van der Waals surface area contributed by atoms with Crippen LogP contribution in [0.25, 0.3) is 0 Å². The van der Waals surface area contributed by atoms with E-state index in [0.29, 0.717) is 5.92 Å². The number of fused-ring (bicyclic) bond motifs is 4. The van der Waals surface area contributed by atoms with Crippen molar-refractivity contribution in [2.45, 2.75) is 30.8 Å². The topological polar surface area (TPSA) is 20.2 Å². The molecule has 0 saturated heterocycles. The summed E-state index contributed by atoms with van der Waals surface area (Å²) in [5, 5.41) is 10.2. The van der Waals surface area contributed by atoms with E-state index in [1.54, 1.807) is 0 Å². The van der Waals surface area contributed by atoms with Crippen LogP contribution in [-0.4, -0.2) is 5.11 Å². The molecule has 0 spiro atoms. The Labute approximate surface area is 72.0 Å². The Balaban J connectivity index is 2.19. The molecule has 1 fully saturated rings. The van der Waals surface area contributed by atoms with Gasteiger partial charge in [-0.3, -0.25) is 0 Å². The number of hydrogen-bond acceptors (Lipinski definition) is 1. The molecule has 0 unspecified atom stereocenters. The monoisotopic (exact) mass is 160 g/mol. The van der Waals surface area contributed by atoms with Gasteiger partial charge in [-0.1, -0.05) is 24.3 Å². The van der Waals surface area contributed by atoms with Gasteiger partial charge in [-0.05, 0) is 30.4 Å². The lowest BCUT2D eigenvalue weighted by molar-refractivity contribution is -0.000669. The van der Waals surface area contributed by atoms with Crippen molar-refractivity contribution in [1.29, 1.82) is 0 Å². The third-order valence-electron chi connectivity index (χ3n) is 3.43. The van der Waals surface area contributed by atoms with Crippen molar-refractivity contribution >= 4 is 0 Å². The largest absolute Gasteiger partial charge is 0.385 e. The normalized spacial score (nSPS) is 36.9. The van der Waals surface area contributed by atoms with Gasteiger partial charge in [0.2, 0.25) is 0 Å². The zero-order chi connectivity index (χ0) is 8.18. The summed E-state index contributed by atoms with van der Waals surface area (Å²) in [5.74, 6) is 0.452. The Morgan fingerprint density at radius 2 is 2.17 bits per heavy atom. The first-order valence-corrected chi connectivity index (χ1v) is 4.64. The summed E-state index contributed by atoms with van der Waals surface area (Å²) >= 11 is 0. The van der Waals surface area contributed by atoms with Crippen molar-refractivity contribution in [1.82, 2.24) is 0 Å². The molecule has 1 aromatic carbocycles. The molecule has 1 nitrogen and oxygen atoms in total. The fourth-order valence-corrected chi connectivity index (χ4v) is 2.84. The Kier molecular flexibility index (Phi) is 1.06. The van der Waals surface area contributed by atoms with Crippen LogP contribution in [0.2, 0.25) is 0 Å². The van der Waals surface area contributed by atoms with Gasteiger partial charge in [0.25, 0.3) is 0 Å². The van der Waals surface area contributed by atoms with E-state index in [4.69, 9.17) is 0 Å². The average molecular weight is 160 g/mol. The van der Waals surface area contributed by atoms with Crippen LogP contribution < -0.4 is 0 Å². The first kappa shape index (κ1) is 6.67. The molecule has 1 heteroatoms. The molecule has 1 N–H and O–H groups in total. The highest BCUT2D eigenvalue weighted by molar-refractivity contribution is 5.48. The Morgan fingerprint density at radius 3 is 3.08 bits per heavy atom. The SMILES string of the molecule is O[C@]12CCC[C@@H]1c1ccccc12. The highest BCUT2D eigenvalue weighted by Gasteiger charge is 2.52. The van der Waals surface area contributed by atoms with E-state index in [0.717, 1.165) is 6.42 Å². The zero-order valence-electron chi connectivity index (χ0n) is 6.96. The molecule has 62 valence electrons. The van der Waals surface area contributed by atoms with Gasteiger partial charge in [0.05, 0.1) is 5.60 Å². The first-order valence-electron chi connectivity index (χ1n) is 4.64. The maximum absolute atomic E-state index is 10.2. The fourth-order valence-electron chi connectivity index (χ4n) is 2.84. The lowest BCUT2D eigenvalue weighted by atomic mass is 9.66. The smallest absolute Gasteiger partial charge is 0.0967 e. The highest BCUT2D eigenvalue weighted by atomic mass is 16.3. The van der Waals surface area contributed by atoms with Crippen molar-refractivity contribution in [3.8, 4) is 0 Å². The minimum Gasteiger partial charge on any atom is -0.385 e. The van der Waals surface area contributed by atoms with E-state index < -0.39 is 5.60 Å². The van der Waals surface area contributed by atoms with Crippen LogP contribution in [0.3, 0.4) is 0 Å². The van der Waals surface area contributed by atoms with Gasteiger partial charge >= 0.3 is 0 Å². The quantitative estimate of drug-likeness (QED) is 0.616. The van der Waals surface area contributed by atoms with E-state index in [1.165, 1.54) is 24.0 Å². The lowest BCUT2D eigenvalue weighted by Gasteiger charge is -2.43. The summed E-state index contributed by atoms with van der Waals surface area (Å²) in [6.45, 7) is 0. The van der Waals surface area contributed by atoms with E-state index in [-0.39, 0.29) is 0 Å². The summed E-state index contributed by atoms with van der Waals surface area (Å²) in [4.78, 5) is 0. The van der Waals surface area contributed by atoms with Gasteiger partial charge in [0, 0.05) is 5.92 Å². The molecule has 1 aromatic rings. The van der Waals surface area contributed by atoms with E-state index >= 15 is 0 Å². The van der Waals surface area contributed by atoms with Crippen LogP contribution >= 0.6 is 0 Å².